The first-order chi connectivity index (χ1) is 11.0. The van der Waals surface area contributed by atoms with Gasteiger partial charge in [0.25, 0.3) is 0 Å². The second-order valence-electron chi connectivity index (χ2n) is 5.43. The van der Waals surface area contributed by atoms with E-state index in [0.29, 0.717) is 18.5 Å². The van der Waals surface area contributed by atoms with Crippen molar-refractivity contribution < 1.29 is 14.7 Å². The van der Waals surface area contributed by atoms with E-state index in [4.69, 9.17) is 5.11 Å². The molecule has 0 aliphatic carbocycles. The van der Waals surface area contributed by atoms with Crippen molar-refractivity contribution in [2.24, 2.45) is 0 Å². The fourth-order valence-corrected chi connectivity index (χ4v) is 3.00. The van der Waals surface area contributed by atoms with Gasteiger partial charge in [-0.25, -0.2) is 9.78 Å². The number of carbonyl (C=O) groups is 2. The molecular weight excluding hydrogens is 312 g/mol. The first-order valence-electron chi connectivity index (χ1n) is 7.53. The average molecular weight is 332 g/mol. The minimum Gasteiger partial charge on any atom is -0.480 e. The number of benzene rings is 1. The number of amides is 1. The first kappa shape index (κ1) is 17.1. The van der Waals surface area contributed by atoms with Crippen LogP contribution in [0.1, 0.15) is 31.0 Å². The fourth-order valence-electron chi connectivity index (χ4n) is 2.17. The van der Waals surface area contributed by atoms with E-state index in [1.54, 1.807) is 0 Å². The second-order valence-corrected chi connectivity index (χ2v) is 6.29. The smallest absolute Gasteiger partial charge is 0.326 e. The Balaban J connectivity index is 1.99. The molecule has 6 heteroatoms. The van der Waals surface area contributed by atoms with Gasteiger partial charge in [-0.1, -0.05) is 43.2 Å². The van der Waals surface area contributed by atoms with Gasteiger partial charge >= 0.3 is 5.97 Å². The number of aryl methyl sites for hydroxylation is 1. The third-order valence-corrected chi connectivity index (χ3v) is 4.34. The van der Waals surface area contributed by atoms with Gasteiger partial charge in [0.15, 0.2) is 0 Å². The zero-order valence-electron chi connectivity index (χ0n) is 13.2. The number of carboxylic acid groups (broad SMARTS) is 1. The van der Waals surface area contributed by atoms with E-state index in [1.165, 1.54) is 16.9 Å². The molecule has 2 aromatic rings. The van der Waals surface area contributed by atoms with E-state index in [-0.39, 0.29) is 12.3 Å². The summed E-state index contributed by atoms with van der Waals surface area (Å²) in [7, 11) is 0. The van der Waals surface area contributed by atoms with Gasteiger partial charge in [-0.15, -0.1) is 11.3 Å². The van der Waals surface area contributed by atoms with Crippen LogP contribution in [0.4, 0.5) is 0 Å². The summed E-state index contributed by atoms with van der Waals surface area (Å²) in [6, 6.07) is 7.21. The minimum atomic E-state index is -1.00. The van der Waals surface area contributed by atoms with Crippen molar-refractivity contribution in [2.75, 3.05) is 0 Å². The number of hydrogen-bond acceptors (Lipinski definition) is 4. The number of aromatic nitrogens is 1. The fraction of sp³-hybridized carbons (Fsp3) is 0.353. The molecule has 0 bridgehead atoms. The molecule has 0 aliphatic heterocycles. The molecule has 23 heavy (non-hydrogen) atoms. The number of rotatable bonds is 7. The number of carboxylic acids is 1. The third kappa shape index (κ3) is 4.89. The van der Waals surface area contributed by atoms with Crippen LogP contribution in [0, 0.1) is 6.92 Å². The maximum atomic E-state index is 12.0. The molecule has 0 saturated carbocycles. The number of nitrogens with zero attached hydrogens (tertiary/aromatic N) is 1. The largest absolute Gasteiger partial charge is 0.480 e. The molecule has 1 aromatic heterocycles. The summed E-state index contributed by atoms with van der Waals surface area (Å²) in [5.74, 6) is -1.31. The Labute approximate surface area is 139 Å². The number of thiazole rings is 1. The summed E-state index contributed by atoms with van der Waals surface area (Å²) < 4.78 is 0. The molecule has 1 atom stereocenters. The Kier molecular flexibility index (Phi) is 5.87. The van der Waals surface area contributed by atoms with Gasteiger partial charge in [0, 0.05) is 10.9 Å². The molecule has 1 aromatic carbocycles. The molecule has 0 aliphatic rings. The van der Waals surface area contributed by atoms with Gasteiger partial charge in [-0.05, 0) is 13.3 Å². The van der Waals surface area contributed by atoms with Crippen molar-refractivity contribution in [3.63, 3.8) is 0 Å². The summed E-state index contributed by atoms with van der Waals surface area (Å²) >= 11 is 1.48. The van der Waals surface area contributed by atoms with Crippen LogP contribution in [0.25, 0.3) is 10.6 Å². The SMILES string of the molecule is CCCC(NC(=O)Cc1csc(-c2ccc(C)cc2)n1)C(=O)O. The summed E-state index contributed by atoms with van der Waals surface area (Å²) in [6.45, 7) is 3.91. The van der Waals surface area contributed by atoms with Crippen molar-refractivity contribution in [3.8, 4) is 10.6 Å². The molecule has 1 amide bonds. The Morgan fingerprint density at radius 2 is 2.00 bits per heavy atom. The Morgan fingerprint density at radius 1 is 1.30 bits per heavy atom. The standard InChI is InChI=1S/C17H20N2O3S/c1-3-4-14(17(21)22)19-15(20)9-13-10-23-16(18-13)12-7-5-11(2)6-8-12/h5-8,10,14H,3-4,9H2,1-2H3,(H,19,20)(H,21,22). The molecule has 0 saturated heterocycles. The number of aliphatic carboxylic acids is 1. The van der Waals surface area contributed by atoms with Crippen molar-refractivity contribution in [1.29, 1.82) is 0 Å². The molecule has 1 unspecified atom stereocenters. The third-order valence-electron chi connectivity index (χ3n) is 3.40. The highest BCUT2D eigenvalue weighted by Crippen LogP contribution is 2.24. The van der Waals surface area contributed by atoms with Crippen LogP contribution >= 0.6 is 11.3 Å². The minimum absolute atomic E-state index is 0.0931. The quantitative estimate of drug-likeness (QED) is 0.817. The molecule has 2 N–H and O–H groups in total. The van der Waals surface area contributed by atoms with Gasteiger partial charge < -0.3 is 10.4 Å². The van der Waals surface area contributed by atoms with Gasteiger partial charge in [0.2, 0.25) is 5.91 Å². The highest BCUT2D eigenvalue weighted by molar-refractivity contribution is 7.13. The molecule has 122 valence electrons. The van der Waals surface area contributed by atoms with E-state index < -0.39 is 12.0 Å². The van der Waals surface area contributed by atoms with Gasteiger partial charge in [0.05, 0.1) is 12.1 Å². The topological polar surface area (TPSA) is 79.3 Å². The normalized spacial score (nSPS) is 11.9. The Hall–Kier alpha value is -2.21. The predicted octanol–water partition coefficient (Wildman–Crippen LogP) is 3.03. The summed E-state index contributed by atoms with van der Waals surface area (Å²) in [4.78, 5) is 27.5. The summed E-state index contributed by atoms with van der Waals surface area (Å²) in [5, 5.41) is 14.3. The number of hydrogen-bond donors (Lipinski definition) is 2. The summed E-state index contributed by atoms with van der Waals surface area (Å²) in [5.41, 5.74) is 2.85. The molecule has 0 spiro atoms. The van der Waals surface area contributed by atoms with E-state index in [9.17, 15) is 9.59 Å². The van der Waals surface area contributed by atoms with Crippen LogP contribution in [-0.2, 0) is 16.0 Å². The predicted molar refractivity (Wildman–Crippen MR) is 90.5 cm³/mol. The molecular formula is C17H20N2O3S. The highest BCUT2D eigenvalue weighted by Gasteiger charge is 2.19. The zero-order valence-corrected chi connectivity index (χ0v) is 14.0. The van der Waals surface area contributed by atoms with Crippen LogP contribution in [0.15, 0.2) is 29.6 Å². The van der Waals surface area contributed by atoms with E-state index in [0.717, 1.165) is 10.6 Å². The van der Waals surface area contributed by atoms with Crippen molar-refractivity contribution in [2.45, 2.75) is 39.2 Å². The lowest BCUT2D eigenvalue weighted by molar-refractivity contribution is -0.141. The number of nitrogens with one attached hydrogen (secondary N) is 1. The van der Waals surface area contributed by atoms with Gasteiger partial charge in [-0.2, -0.15) is 0 Å². The van der Waals surface area contributed by atoms with Crippen LogP contribution in [0.5, 0.6) is 0 Å². The highest BCUT2D eigenvalue weighted by atomic mass is 32.1. The molecule has 0 radical (unpaired) electrons. The molecule has 2 rings (SSSR count). The lowest BCUT2D eigenvalue weighted by Gasteiger charge is -2.12. The van der Waals surface area contributed by atoms with Crippen molar-refractivity contribution in [1.82, 2.24) is 10.3 Å². The van der Waals surface area contributed by atoms with Gasteiger partial charge in [0.1, 0.15) is 11.0 Å². The van der Waals surface area contributed by atoms with Gasteiger partial charge in [-0.3, -0.25) is 4.79 Å². The maximum absolute atomic E-state index is 12.0. The van der Waals surface area contributed by atoms with E-state index in [2.05, 4.69) is 10.3 Å². The monoisotopic (exact) mass is 332 g/mol. The molecule has 5 nitrogen and oxygen atoms in total. The van der Waals surface area contributed by atoms with E-state index in [1.807, 2.05) is 43.5 Å². The Bertz CT molecular complexity index is 679. The van der Waals surface area contributed by atoms with Crippen LogP contribution in [-0.4, -0.2) is 28.0 Å². The number of carbonyl (C=O) groups excluding carboxylic acids is 1. The van der Waals surface area contributed by atoms with Crippen LogP contribution < -0.4 is 5.32 Å². The van der Waals surface area contributed by atoms with Crippen LogP contribution in [0.3, 0.4) is 0 Å². The second kappa shape index (κ2) is 7.87. The summed E-state index contributed by atoms with van der Waals surface area (Å²) in [6.07, 6.45) is 1.22. The zero-order chi connectivity index (χ0) is 16.8. The lowest BCUT2D eigenvalue weighted by Crippen LogP contribution is -2.41. The van der Waals surface area contributed by atoms with Crippen LogP contribution in [0.2, 0.25) is 0 Å². The molecule has 1 heterocycles. The van der Waals surface area contributed by atoms with Crippen molar-refractivity contribution >= 4 is 23.2 Å². The first-order valence-corrected chi connectivity index (χ1v) is 8.41. The average Bonchev–Trinajstić information content (AvgIpc) is 2.95. The van der Waals surface area contributed by atoms with Crippen molar-refractivity contribution in [3.05, 3.63) is 40.9 Å². The lowest BCUT2D eigenvalue weighted by atomic mass is 10.1. The maximum Gasteiger partial charge on any atom is 0.326 e. The Morgan fingerprint density at radius 3 is 2.61 bits per heavy atom. The van der Waals surface area contributed by atoms with E-state index >= 15 is 0 Å². The molecule has 0 fully saturated rings.